The van der Waals surface area contributed by atoms with E-state index in [0.29, 0.717) is 13.2 Å². The molecule has 27 heavy (non-hydrogen) atoms. The second-order valence-corrected chi connectivity index (χ2v) is 7.75. The third-order valence-corrected chi connectivity index (χ3v) is 5.04. The van der Waals surface area contributed by atoms with E-state index in [2.05, 4.69) is 72.8 Å². The van der Waals surface area contributed by atoms with Crippen molar-refractivity contribution in [2.75, 3.05) is 27.2 Å². The van der Waals surface area contributed by atoms with Crippen molar-refractivity contribution in [2.24, 2.45) is 0 Å². The number of aliphatic hydroxyl groups excluding tert-OH is 1. The van der Waals surface area contributed by atoms with Gasteiger partial charge in [0.05, 0.1) is 18.8 Å². The Bertz CT molecular complexity index is 700. The number of nitrogens with zero attached hydrogens (tertiary/aromatic N) is 1. The van der Waals surface area contributed by atoms with Gasteiger partial charge in [-0.3, -0.25) is 0 Å². The van der Waals surface area contributed by atoms with E-state index in [1.807, 2.05) is 0 Å². The van der Waals surface area contributed by atoms with Crippen LogP contribution >= 0.6 is 0 Å². The molecule has 0 spiro atoms. The molecular formula is C23H32N2O2. The number of rotatable bonds is 9. The van der Waals surface area contributed by atoms with Crippen LogP contribution in [-0.2, 0) is 24.2 Å². The van der Waals surface area contributed by atoms with E-state index in [1.54, 1.807) is 0 Å². The van der Waals surface area contributed by atoms with Crippen molar-refractivity contribution in [1.82, 2.24) is 10.2 Å². The minimum absolute atomic E-state index is 0.119. The lowest BCUT2D eigenvalue weighted by molar-refractivity contribution is -0.0167. The Balaban J connectivity index is 1.38. The highest BCUT2D eigenvalue weighted by Gasteiger charge is 2.21. The molecule has 0 heterocycles. The minimum atomic E-state index is -0.493. The van der Waals surface area contributed by atoms with E-state index in [0.717, 1.165) is 32.4 Å². The fourth-order valence-corrected chi connectivity index (χ4v) is 3.68. The van der Waals surface area contributed by atoms with Gasteiger partial charge >= 0.3 is 0 Å². The van der Waals surface area contributed by atoms with Gasteiger partial charge in [-0.1, -0.05) is 48.5 Å². The molecule has 2 atom stereocenters. The first-order chi connectivity index (χ1) is 13.1. The first kappa shape index (κ1) is 20.0. The van der Waals surface area contributed by atoms with Gasteiger partial charge < -0.3 is 20.1 Å². The molecule has 0 aromatic heterocycles. The average Bonchev–Trinajstić information content (AvgIpc) is 2.67. The molecule has 0 aliphatic heterocycles. The molecule has 0 unspecified atom stereocenters. The van der Waals surface area contributed by atoms with Crippen LogP contribution in [0.4, 0.5) is 0 Å². The van der Waals surface area contributed by atoms with Gasteiger partial charge in [-0.15, -0.1) is 0 Å². The molecule has 3 rings (SSSR count). The summed E-state index contributed by atoms with van der Waals surface area (Å²) in [4.78, 5) is 2.16. The Morgan fingerprint density at radius 2 is 1.85 bits per heavy atom. The fourth-order valence-electron chi connectivity index (χ4n) is 3.68. The summed E-state index contributed by atoms with van der Waals surface area (Å²) in [6.07, 6.45) is 2.95. The lowest BCUT2D eigenvalue weighted by Gasteiger charge is -2.26. The molecule has 4 nitrogen and oxygen atoms in total. The second kappa shape index (κ2) is 10.00. The van der Waals surface area contributed by atoms with Crippen LogP contribution in [-0.4, -0.2) is 43.4 Å². The van der Waals surface area contributed by atoms with Gasteiger partial charge in [0.2, 0.25) is 0 Å². The predicted octanol–water partition coefficient (Wildman–Crippen LogP) is 3.29. The quantitative estimate of drug-likeness (QED) is 0.713. The van der Waals surface area contributed by atoms with Crippen LogP contribution in [0, 0.1) is 0 Å². The van der Waals surface area contributed by atoms with Crippen LogP contribution < -0.4 is 5.32 Å². The van der Waals surface area contributed by atoms with Crippen molar-refractivity contribution < 1.29 is 9.84 Å². The van der Waals surface area contributed by atoms with Gasteiger partial charge in [-0.25, -0.2) is 0 Å². The number of hydrogen-bond acceptors (Lipinski definition) is 4. The summed E-state index contributed by atoms with van der Waals surface area (Å²) >= 11 is 0. The van der Waals surface area contributed by atoms with E-state index in [4.69, 9.17) is 4.74 Å². The zero-order valence-corrected chi connectivity index (χ0v) is 16.5. The normalized spacial score (nSPS) is 17.7. The van der Waals surface area contributed by atoms with Gasteiger partial charge in [-0.2, -0.15) is 0 Å². The van der Waals surface area contributed by atoms with Crippen LogP contribution in [0.1, 0.15) is 41.2 Å². The van der Waals surface area contributed by atoms with Gasteiger partial charge in [0.15, 0.2) is 0 Å². The second-order valence-electron chi connectivity index (χ2n) is 7.75. The molecule has 146 valence electrons. The maximum absolute atomic E-state index is 10.3. The van der Waals surface area contributed by atoms with Gasteiger partial charge in [0.25, 0.3) is 0 Å². The molecule has 4 heteroatoms. The summed E-state index contributed by atoms with van der Waals surface area (Å²) in [6, 6.07) is 17.1. The highest BCUT2D eigenvalue weighted by molar-refractivity contribution is 5.31. The van der Waals surface area contributed by atoms with Crippen LogP contribution in [0.25, 0.3) is 0 Å². The molecule has 2 aromatic rings. The maximum atomic E-state index is 10.3. The van der Waals surface area contributed by atoms with Gasteiger partial charge in [-0.05, 0) is 55.6 Å². The number of aliphatic hydroxyl groups is 1. The number of ether oxygens (including phenoxy) is 1. The number of hydrogen-bond donors (Lipinski definition) is 2. The molecule has 0 saturated carbocycles. The highest BCUT2D eigenvalue weighted by Crippen LogP contribution is 2.32. The van der Waals surface area contributed by atoms with Crippen LogP contribution in [0.2, 0.25) is 0 Å². The van der Waals surface area contributed by atoms with Crippen molar-refractivity contribution in [2.45, 2.75) is 44.6 Å². The van der Waals surface area contributed by atoms with Crippen molar-refractivity contribution in [3.8, 4) is 0 Å². The summed E-state index contributed by atoms with van der Waals surface area (Å²) < 4.78 is 6.03. The Kier molecular flexibility index (Phi) is 7.41. The molecule has 0 bridgehead atoms. The van der Waals surface area contributed by atoms with E-state index in [1.165, 1.54) is 22.3 Å². The first-order valence-corrected chi connectivity index (χ1v) is 9.92. The standard InChI is InChI=1S/C23H32N2O2/c1-25(2)16-19-12-10-18(11-13-19)14-24-15-21(26)17-27-23-9-5-7-20-6-3-4-8-22(20)23/h3-4,6,8,10-13,21,23-24,26H,5,7,9,14-17H2,1-2H3/t21-,23-/m0/s1. The molecule has 1 aliphatic rings. The lowest BCUT2D eigenvalue weighted by Crippen LogP contribution is -2.31. The topological polar surface area (TPSA) is 44.7 Å². The Labute approximate surface area is 163 Å². The van der Waals surface area contributed by atoms with Crippen molar-refractivity contribution in [1.29, 1.82) is 0 Å². The van der Waals surface area contributed by atoms with Crippen molar-refractivity contribution in [3.63, 3.8) is 0 Å². The monoisotopic (exact) mass is 368 g/mol. The summed E-state index contributed by atoms with van der Waals surface area (Å²) in [5.74, 6) is 0. The van der Waals surface area contributed by atoms with Crippen molar-refractivity contribution in [3.05, 3.63) is 70.8 Å². The number of aryl methyl sites for hydroxylation is 1. The fraction of sp³-hybridized carbons (Fsp3) is 0.478. The van der Waals surface area contributed by atoms with Crippen molar-refractivity contribution >= 4 is 0 Å². The largest absolute Gasteiger partial charge is 0.389 e. The third kappa shape index (κ3) is 6.15. The van der Waals surface area contributed by atoms with Crippen LogP contribution in [0.3, 0.4) is 0 Å². The Morgan fingerprint density at radius 1 is 1.11 bits per heavy atom. The molecule has 0 radical (unpaired) electrons. The Hall–Kier alpha value is -1.72. The summed E-state index contributed by atoms with van der Waals surface area (Å²) in [5.41, 5.74) is 5.22. The first-order valence-electron chi connectivity index (χ1n) is 9.92. The summed E-state index contributed by atoms with van der Waals surface area (Å²) in [5, 5.41) is 13.6. The molecule has 0 fully saturated rings. The lowest BCUT2D eigenvalue weighted by atomic mass is 9.89. The minimum Gasteiger partial charge on any atom is -0.389 e. The smallest absolute Gasteiger partial charge is 0.0898 e. The molecule has 0 saturated heterocycles. The number of nitrogens with one attached hydrogen (secondary N) is 1. The summed E-state index contributed by atoms with van der Waals surface area (Å²) in [6.45, 7) is 2.61. The van der Waals surface area contributed by atoms with Gasteiger partial charge in [0, 0.05) is 19.6 Å². The van der Waals surface area contributed by atoms with E-state index in [9.17, 15) is 5.11 Å². The average molecular weight is 369 g/mol. The predicted molar refractivity (Wildman–Crippen MR) is 110 cm³/mol. The van der Waals surface area contributed by atoms with Gasteiger partial charge in [0.1, 0.15) is 0 Å². The van der Waals surface area contributed by atoms with Crippen LogP contribution in [0.5, 0.6) is 0 Å². The highest BCUT2D eigenvalue weighted by atomic mass is 16.5. The van der Waals surface area contributed by atoms with Crippen LogP contribution in [0.15, 0.2) is 48.5 Å². The molecule has 2 N–H and O–H groups in total. The number of benzene rings is 2. The summed E-state index contributed by atoms with van der Waals surface area (Å²) in [7, 11) is 4.15. The van der Waals surface area contributed by atoms with E-state index in [-0.39, 0.29) is 6.10 Å². The SMILES string of the molecule is CN(C)Cc1ccc(CNC[C@H](O)CO[C@H]2CCCc3ccccc32)cc1. The molecular weight excluding hydrogens is 336 g/mol. The van der Waals surface area contributed by atoms with E-state index < -0.39 is 6.10 Å². The zero-order chi connectivity index (χ0) is 19.1. The maximum Gasteiger partial charge on any atom is 0.0898 e. The number of fused-ring (bicyclic) bond motifs is 1. The molecule has 2 aromatic carbocycles. The molecule has 1 aliphatic carbocycles. The van der Waals surface area contributed by atoms with E-state index >= 15 is 0 Å². The zero-order valence-electron chi connectivity index (χ0n) is 16.5. The third-order valence-electron chi connectivity index (χ3n) is 5.04. The Morgan fingerprint density at radius 3 is 2.63 bits per heavy atom. The molecule has 0 amide bonds.